The minimum atomic E-state index is -0.816. The summed E-state index contributed by atoms with van der Waals surface area (Å²) in [6.45, 7) is 3.92. The van der Waals surface area contributed by atoms with Crippen LogP contribution in [0.1, 0.15) is 25.5 Å². The lowest BCUT2D eigenvalue weighted by Gasteiger charge is -2.38. The molecule has 1 saturated heterocycles. The summed E-state index contributed by atoms with van der Waals surface area (Å²) in [6.07, 6.45) is 4.30. The highest BCUT2D eigenvalue weighted by molar-refractivity contribution is 5.84. The molecule has 7 nitrogen and oxygen atoms in total. The molecule has 0 saturated carbocycles. The molecule has 2 aliphatic rings. The number of benzene rings is 5. The first-order chi connectivity index (χ1) is 22.5. The van der Waals surface area contributed by atoms with Gasteiger partial charge in [-0.15, -0.1) is 0 Å². The van der Waals surface area contributed by atoms with E-state index in [1.807, 2.05) is 44.2 Å². The summed E-state index contributed by atoms with van der Waals surface area (Å²) in [5, 5.41) is 0. The monoisotopic (exact) mass is 604 g/mol. The van der Waals surface area contributed by atoms with Crippen LogP contribution in [0.4, 0.5) is 28.4 Å². The molecular weight excluding hydrogens is 572 g/mol. The van der Waals surface area contributed by atoms with Gasteiger partial charge >= 0.3 is 0 Å². The molecule has 2 atom stereocenters. The molecule has 8 rings (SSSR count). The molecule has 7 heteroatoms. The first-order valence-electron chi connectivity index (χ1n) is 15.4. The van der Waals surface area contributed by atoms with Crippen LogP contribution in [0.25, 0.3) is 11.3 Å². The van der Waals surface area contributed by atoms with Gasteiger partial charge in [-0.3, -0.25) is 9.97 Å². The quantitative estimate of drug-likeness (QED) is 0.188. The summed E-state index contributed by atoms with van der Waals surface area (Å²) >= 11 is 0. The Morgan fingerprint density at radius 2 is 1.33 bits per heavy atom. The van der Waals surface area contributed by atoms with Crippen LogP contribution in [-0.2, 0) is 9.47 Å². The second kappa shape index (κ2) is 11.5. The molecule has 2 aliphatic heterocycles. The van der Waals surface area contributed by atoms with Crippen molar-refractivity contribution < 1.29 is 14.2 Å². The smallest absolute Gasteiger partial charge is 0.168 e. The van der Waals surface area contributed by atoms with Crippen molar-refractivity contribution >= 4 is 28.4 Å². The van der Waals surface area contributed by atoms with Gasteiger partial charge < -0.3 is 24.0 Å². The number of nitrogens with zero attached hydrogens (tertiary/aromatic N) is 4. The number of rotatable bonds is 6. The second-order valence-corrected chi connectivity index (χ2v) is 11.8. The zero-order chi connectivity index (χ0) is 31.1. The Kier molecular flexibility index (Phi) is 6.97. The lowest BCUT2D eigenvalue weighted by Crippen LogP contribution is -2.37. The number of fused-ring (bicyclic) bond motifs is 2. The van der Waals surface area contributed by atoms with Gasteiger partial charge in [0.05, 0.1) is 23.3 Å². The van der Waals surface area contributed by atoms with E-state index in [2.05, 4.69) is 117 Å². The molecular formula is C39H32N4O3. The summed E-state index contributed by atoms with van der Waals surface area (Å²) in [4.78, 5) is 13.1. The maximum absolute atomic E-state index is 6.72. The highest BCUT2D eigenvalue weighted by Gasteiger charge is 2.47. The van der Waals surface area contributed by atoms with Crippen LogP contribution >= 0.6 is 0 Å². The van der Waals surface area contributed by atoms with E-state index in [4.69, 9.17) is 14.2 Å². The van der Waals surface area contributed by atoms with Crippen molar-refractivity contribution in [1.82, 2.24) is 9.97 Å². The number of ether oxygens (including phenoxy) is 3. The van der Waals surface area contributed by atoms with E-state index in [0.29, 0.717) is 0 Å². The van der Waals surface area contributed by atoms with Crippen molar-refractivity contribution in [3.05, 3.63) is 152 Å². The third-order valence-corrected chi connectivity index (χ3v) is 8.26. The number of anilines is 5. The highest BCUT2D eigenvalue weighted by Crippen LogP contribution is 2.53. The third kappa shape index (κ3) is 5.15. The largest absolute Gasteiger partial charge is 0.453 e. The van der Waals surface area contributed by atoms with Crippen molar-refractivity contribution in [3.63, 3.8) is 0 Å². The summed E-state index contributed by atoms with van der Waals surface area (Å²) in [5.74, 6) is 0.672. The van der Waals surface area contributed by atoms with Gasteiger partial charge in [-0.05, 0) is 67.9 Å². The zero-order valence-corrected chi connectivity index (χ0v) is 25.5. The van der Waals surface area contributed by atoms with Gasteiger partial charge in [0.15, 0.2) is 23.5 Å². The van der Waals surface area contributed by atoms with Gasteiger partial charge in [-0.2, -0.15) is 0 Å². The molecule has 0 N–H and O–H groups in total. The molecule has 3 heterocycles. The Bertz CT molecular complexity index is 1930. The molecule has 5 aromatic carbocycles. The van der Waals surface area contributed by atoms with Crippen LogP contribution < -0.4 is 14.5 Å². The van der Waals surface area contributed by atoms with E-state index in [1.54, 1.807) is 18.6 Å². The van der Waals surface area contributed by atoms with Crippen molar-refractivity contribution in [2.24, 2.45) is 0 Å². The maximum Gasteiger partial charge on any atom is 0.168 e. The molecule has 1 fully saturated rings. The lowest BCUT2D eigenvalue weighted by atomic mass is 10.0. The van der Waals surface area contributed by atoms with Crippen molar-refractivity contribution in [1.29, 1.82) is 0 Å². The van der Waals surface area contributed by atoms with Crippen LogP contribution in [0.3, 0.4) is 0 Å². The van der Waals surface area contributed by atoms with Crippen molar-refractivity contribution in [2.75, 3.05) is 9.80 Å². The highest BCUT2D eigenvalue weighted by atomic mass is 16.8. The van der Waals surface area contributed by atoms with Gasteiger partial charge in [0, 0.05) is 41.1 Å². The minimum Gasteiger partial charge on any atom is -0.453 e. The molecule has 0 amide bonds. The third-order valence-electron chi connectivity index (χ3n) is 8.26. The van der Waals surface area contributed by atoms with Gasteiger partial charge in [-0.1, -0.05) is 72.8 Å². The summed E-state index contributed by atoms with van der Waals surface area (Å²) < 4.78 is 19.9. The zero-order valence-electron chi connectivity index (χ0n) is 25.5. The molecule has 0 bridgehead atoms. The molecule has 226 valence electrons. The van der Waals surface area contributed by atoms with Crippen LogP contribution in [0.15, 0.2) is 146 Å². The van der Waals surface area contributed by atoms with Crippen LogP contribution in [0.2, 0.25) is 0 Å². The van der Waals surface area contributed by atoms with Crippen LogP contribution in [0.5, 0.6) is 11.5 Å². The topological polar surface area (TPSA) is 60.0 Å². The SMILES string of the molecule is CC1(C)O[C@H](c2ccc(-c3cnccn3)cc2)[C@@H](N2c3ccccc3Oc3cc(N(c4ccccc4)c4ccccc4)ccc32)O1. The Hall–Kier alpha value is -5.50. The summed E-state index contributed by atoms with van der Waals surface area (Å²) in [6, 6.07) is 43.4. The number of para-hydroxylation sites is 4. The Morgan fingerprint density at radius 3 is 2.02 bits per heavy atom. The molecule has 0 radical (unpaired) electrons. The van der Waals surface area contributed by atoms with E-state index < -0.39 is 12.0 Å². The van der Waals surface area contributed by atoms with Crippen molar-refractivity contribution in [3.8, 4) is 22.8 Å². The number of aromatic nitrogens is 2. The van der Waals surface area contributed by atoms with E-state index in [9.17, 15) is 0 Å². The van der Waals surface area contributed by atoms with Crippen LogP contribution in [0, 0.1) is 0 Å². The standard InChI is InChI=1S/C39H32N4O3/c1-39(2)45-37(28-19-17-27(18-20-28)32-26-40-23-24-41-32)38(46-39)43-33-15-9-10-16-35(33)44-36-25-31(21-22-34(36)43)42(29-11-5-3-6-12-29)30-13-7-4-8-14-30/h3-26,37-38H,1-2H3/t37-,38+/m1/s1. The van der Waals surface area contributed by atoms with Gasteiger partial charge in [0.1, 0.15) is 6.10 Å². The fourth-order valence-electron chi connectivity index (χ4n) is 6.25. The molecule has 0 spiro atoms. The predicted molar refractivity (Wildman–Crippen MR) is 180 cm³/mol. The van der Waals surface area contributed by atoms with E-state index in [-0.39, 0.29) is 6.10 Å². The normalized spacial score (nSPS) is 17.9. The maximum atomic E-state index is 6.72. The fourth-order valence-corrected chi connectivity index (χ4v) is 6.25. The Balaban J connectivity index is 1.21. The van der Waals surface area contributed by atoms with Crippen molar-refractivity contribution in [2.45, 2.75) is 32.0 Å². The lowest BCUT2D eigenvalue weighted by molar-refractivity contribution is -0.146. The summed E-state index contributed by atoms with van der Waals surface area (Å²) in [5.41, 5.74) is 7.72. The van der Waals surface area contributed by atoms with E-state index >= 15 is 0 Å². The Labute approximate surface area is 268 Å². The average Bonchev–Trinajstić information content (AvgIpc) is 3.43. The first-order valence-corrected chi connectivity index (χ1v) is 15.4. The molecule has 0 aliphatic carbocycles. The first kappa shape index (κ1) is 28.0. The Morgan fingerprint density at radius 1 is 0.652 bits per heavy atom. The number of hydrogen-bond acceptors (Lipinski definition) is 7. The molecule has 6 aromatic rings. The molecule has 0 unspecified atom stereocenters. The minimum absolute atomic E-state index is 0.380. The summed E-state index contributed by atoms with van der Waals surface area (Å²) in [7, 11) is 0. The number of hydrogen-bond donors (Lipinski definition) is 0. The molecule has 1 aromatic heterocycles. The second-order valence-electron chi connectivity index (χ2n) is 11.8. The van der Waals surface area contributed by atoms with Gasteiger partial charge in [0.25, 0.3) is 0 Å². The van der Waals surface area contributed by atoms with E-state index in [1.165, 1.54) is 0 Å². The van der Waals surface area contributed by atoms with E-state index in [0.717, 1.165) is 56.8 Å². The average molecular weight is 605 g/mol. The van der Waals surface area contributed by atoms with Crippen LogP contribution in [-0.4, -0.2) is 22.0 Å². The predicted octanol–water partition coefficient (Wildman–Crippen LogP) is 9.71. The van der Waals surface area contributed by atoms with Gasteiger partial charge in [-0.25, -0.2) is 0 Å². The van der Waals surface area contributed by atoms with Gasteiger partial charge in [0.2, 0.25) is 0 Å². The fraction of sp³-hybridized carbons (Fsp3) is 0.128. The molecule has 46 heavy (non-hydrogen) atoms.